The molecule has 0 atom stereocenters. The van der Waals surface area contributed by atoms with E-state index in [1.54, 1.807) is 0 Å². The van der Waals surface area contributed by atoms with Gasteiger partial charge in [-0.25, -0.2) is 12.8 Å². The number of carbonyl (C=O) groups excluding carboxylic acids is 1. The smallest absolute Gasteiger partial charge is 0.262 e. The van der Waals surface area contributed by atoms with Crippen LogP contribution in [0.15, 0.2) is 56.8 Å². The standard InChI is InChI=1S/C17H15BrFN3O3S/c18-11-6-7-15(19)14(9-11)17(23)21-12-3-1-4-13(10-12)26(24,25)22-16-5-2-8-20-16/h1,3-4,6-7,9-10H,2,5,8H2,(H,20,22)(H,21,23). The van der Waals surface area contributed by atoms with E-state index in [1.165, 1.54) is 42.5 Å². The highest BCUT2D eigenvalue weighted by atomic mass is 79.9. The lowest BCUT2D eigenvalue weighted by Crippen LogP contribution is -2.29. The number of amides is 1. The van der Waals surface area contributed by atoms with Gasteiger partial charge in [-0.2, -0.15) is 0 Å². The first-order valence-corrected chi connectivity index (χ1v) is 10.1. The number of hydrogen-bond donors (Lipinski definition) is 2. The highest BCUT2D eigenvalue weighted by Crippen LogP contribution is 2.20. The second-order valence-corrected chi connectivity index (χ2v) is 8.24. The molecular weight excluding hydrogens is 425 g/mol. The topological polar surface area (TPSA) is 87.6 Å². The van der Waals surface area contributed by atoms with Crippen LogP contribution in [0.3, 0.4) is 0 Å². The van der Waals surface area contributed by atoms with E-state index in [2.05, 4.69) is 31.0 Å². The monoisotopic (exact) mass is 439 g/mol. The van der Waals surface area contributed by atoms with Gasteiger partial charge in [0.05, 0.1) is 10.5 Å². The SMILES string of the molecule is O=C(Nc1cccc(S(=O)(=O)NC2=NCCC2)c1)c1cc(Br)ccc1F. The molecule has 1 aliphatic rings. The van der Waals surface area contributed by atoms with E-state index in [9.17, 15) is 17.6 Å². The van der Waals surface area contributed by atoms with E-state index in [0.717, 1.165) is 6.42 Å². The Morgan fingerprint density at radius 2 is 2.00 bits per heavy atom. The molecule has 2 N–H and O–H groups in total. The summed E-state index contributed by atoms with van der Waals surface area (Å²) < 4.78 is 41.7. The fraction of sp³-hybridized carbons (Fsp3) is 0.176. The summed E-state index contributed by atoms with van der Waals surface area (Å²) in [6.45, 7) is 0.603. The predicted octanol–water partition coefficient (Wildman–Crippen LogP) is 3.31. The quantitative estimate of drug-likeness (QED) is 0.765. The molecule has 1 amide bonds. The van der Waals surface area contributed by atoms with Crippen LogP contribution in [0, 0.1) is 5.82 Å². The molecule has 2 aromatic rings. The predicted molar refractivity (Wildman–Crippen MR) is 100 cm³/mol. The largest absolute Gasteiger partial charge is 0.322 e. The summed E-state index contributed by atoms with van der Waals surface area (Å²) in [4.78, 5) is 16.3. The molecule has 26 heavy (non-hydrogen) atoms. The van der Waals surface area contributed by atoms with Crippen molar-refractivity contribution in [3.63, 3.8) is 0 Å². The number of hydrogen-bond acceptors (Lipinski definition) is 4. The zero-order valence-electron chi connectivity index (χ0n) is 13.5. The van der Waals surface area contributed by atoms with Crippen LogP contribution in [0.5, 0.6) is 0 Å². The maximum absolute atomic E-state index is 13.8. The highest BCUT2D eigenvalue weighted by Gasteiger charge is 2.19. The molecule has 136 valence electrons. The van der Waals surface area contributed by atoms with Gasteiger partial charge in [0.2, 0.25) is 0 Å². The lowest BCUT2D eigenvalue weighted by molar-refractivity contribution is 0.102. The van der Waals surface area contributed by atoms with Crippen LogP contribution in [0.25, 0.3) is 0 Å². The first-order valence-electron chi connectivity index (χ1n) is 7.78. The van der Waals surface area contributed by atoms with Crippen molar-refractivity contribution >= 4 is 43.4 Å². The number of halogens is 2. The first kappa shape index (κ1) is 18.5. The Labute approximate surface area is 158 Å². The minimum Gasteiger partial charge on any atom is -0.322 e. The van der Waals surface area contributed by atoms with Crippen molar-refractivity contribution in [2.45, 2.75) is 17.7 Å². The maximum Gasteiger partial charge on any atom is 0.262 e. The molecule has 3 rings (SSSR count). The number of anilines is 1. The number of aliphatic imine (C=N–C) groups is 1. The number of sulfonamides is 1. The fourth-order valence-electron chi connectivity index (χ4n) is 2.45. The summed E-state index contributed by atoms with van der Waals surface area (Å²) in [6, 6.07) is 9.75. The Morgan fingerprint density at radius 1 is 1.19 bits per heavy atom. The third kappa shape index (κ3) is 4.28. The van der Waals surface area contributed by atoms with E-state index >= 15 is 0 Å². The number of nitrogens with zero attached hydrogens (tertiary/aromatic N) is 1. The second-order valence-electron chi connectivity index (χ2n) is 5.64. The molecular formula is C17H15BrFN3O3S. The van der Waals surface area contributed by atoms with Crippen LogP contribution in [-0.4, -0.2) is 26.7 Å². The average molecular weight is 440 g/mol. The van der Waals surface area contributed by atoms with Crippen LogP contribution in [-0.2, 0) is 10.0 Å². The van der Waals surface area contributed by atoms with Crippen LogP contribution in [0.1, 0.15) is 23.2 Å². The van der Waals surface area contributed by atoms with Crippen molar-refractivity contribution < 1.29 is 17.6 Å². The Kier molecular flexibility index (Phi) is 5.38. The normalized spacial score (nSPS) is 14.0. The molecule has 0 saturated heterocycles. The number of rotatable bonds is 4. The number of amidine groups is 1. The minimum absolute atomic E-state index is 0.0142. The Balaban J connectivity index is 1.81. The number of benzene rings is 2. The van der Waals surface area contributed by atoms with Gasteiger partial charge in [0, 0.05) is 23.1 Å². The molecule has 1 heterocycles. The van der Waals surface area contributed by atoms with Gasteiger partial charge in [0.25, 0.3) is 15.9 Å². The summed E-state index contributed by atoms with van der Waals surface area (Å²) >= 11 is 3.18. The lowest BCUT2D eigenvalue weighted by Gasteiger charge is -2.10. The zero-order valence-corrected chi connectivity index (χ0v) is 15.9. The molecule has 0 unspecified atom stereocenters. The van der Waals surface area contributed by atoms with Gasteiger partial charge < -0.3 is 5.32 Å². The second kappa shape index (κ2) is 7.55. The summed E-state index contributed by atoms with van der Waals surface area (Å²) in [5.74, 6) is -0.919. The van der Waals surface area contributed by atoms with Gasteiger partial charge in [-0.1, -0.05) is 22.0 Å². The van der Waals surface area contributed by atoms with Gasteiger partial charge in [-0.15, -0.1) is 0 Å². The number of carbonyl (C=O) groups is 1. The minimum atomic E-state index is -3.80. The van der Waals surface area contributed by atoms with Crippen molar-refractivity contribution in [2.75, 3.05) is 11.9 Å². The Morgan fingerprint density at radius 3 is 2.73 bits per heavy atom. The molecule has 0 spiro atoms. The Hall–Kier alpha value is -2.26. The molecule has 1 aliphatic heterocycles. The van der Waals surface area contributed by atoms with Crippen LogP contribution >= 0.6 is 15.9 Å². The van der Waals surface area contributed by atoms with Crippen molar-refractivity contribution in [3.8, 4) is 0 Å². The molecule has 2 aromatic carbocycles. The summed E-state index contributed by atoms with van der Waals surface area (Å²) in [6.07, 6.45) is 1.39. The molecule has 0 saturated carbocycles. The van der Waals surface area contributed by atoms with Gasteiger partial charge in [0.1, 0.15) is 11.7 Å². The molecule has 9 heteroatoms. The van der Waals surface area contributed by atoms with E-state index < -0.39 is 21.7 Å². The van der Waals surface area contributed by atoms with Crippen molar-refractivity contribution in [3.05, 3.63) is 58.3 Å². The fourth-order valence-corrected chi connectivity index (χ4v) is 3.94. The Bertz CT molecular complexity index is 992. The van der Waals surface area contributed by atoms with Gasteiger partial charge >= 0.3 is 0 Å². The maximum atomic E-state index is 13.8. The number of nitrogens with one attached hydrogen (secondary N) is 2. The van der Waals surface area contributed by atoms with Gasteiger partial charge in [-0.05, 0) is 42.8 Å². The van der Waals surface area contributed by atoms with Crippen molar-refractivity contribution in [2.24, 2.45) is 4.99 Å². The van der Waals surface area contributed by atoms with Crippen LogP contribution < -0.4 is 10.0 Å². The molecule has 0 fully saturated rings. The van der Waals surface area contributed by atoms with Crippen molar-refractivity contribution in [1.82, 2.24) is 4.72 Å². The summed E-state index contributed by atoms with van der Waals surface area (Å²) in [7, 11) is -3.80. The molecule has 6 nitrogen and oxygen atoms in total. The van der Waals surface area contributed by atoms with Crippen LogP contribution in [0.2, 0.25) is 0 Å². The third-order valence-electron chi connectivity index (χ3n) is 3.70. The molecule has 0 bridgehead atoms. The van der Waals surface area contributed by atoms with E-state index in [0.29, 0.717) is 23.3 Å². The summed E-state index contributed by atoms with van der Waals surface area (Å²) in [5, 5.41) is 2.51. The third-order valence-corrected chi connectivity index (χ3v) is 5.57. The van der Waals surface area contributed by atoms with E-state index in [-0.39, 0.29) is 16.1 Å². The van der Waals surface area contributed by atoms with E-state index in [1.807, 2.05) is 0 Å². The van der Waals surface area contributed by atoms with Gasteiger partial charge in [-0.3, -0.25) is 14.5 Å². The lowest BCUT2D eigenvalue weighted by atomic mass is 10.2. The van der Waals surface area contributed by atoms with Crippen LogP contribution in [0.4, 0.5) is 10.1 Å². The zero-order chi connectivity index (χ0) is 18.7. The summed E-state index contributed by atoms with van der Waals surface area (Å²) in [5.41, 5.74) is 0.0942. The first-order chi connectivity index (χ1) is 12.3. The molecule has 0 aromatic heterocycles. The molecule has 0 aliphatic carbocycles. The van der Waals surface area contributed by atoms with Gasteiger partial charge in [0.15, 0.2) is 0 Å². The average Bonchev–Trinajstić information content (AvgIpc) is 3.09. The van der Waals surface area contributed by atoms with E-state index in [4.69, 9.17) is 0 Å². The molecule has 0 radical (unpaired) electrons. The highest BCUT2D eigenvalue weighted by molar-refractivity contribution is 9.10. The van der Waals surface area contributed by atoms with Crippen molar-refractivity contribution in [1.29, 1.82) is 0 Å².